The van der Waals surface area contributed by atoms with Crippen molar-refractivity contribution in [2.45, 2.75) is 12.3 Å². The topological polar surface area (TPSA) is 64.3 Å². The molecule has 90 valence electrons. The summed E-state index contributed by atoms with van der Waals surface area (Å²) in [4.78, 5) is 11.0. The number of rotatable bonds is 2. The van der Waals surface area contributed by atoms with E-state index in [1.54, 1.807) is 0 Å². The van der Waals surface area contributed by atoms with Crippen molar-refractivity contribution in [3.63, 3.8) is 0 Å². The lowest BCUT2D eigenvalue weighted by molar-refractivity contribution is -0.208. The predicted molar refractivity (Wildman–Crippen MR) is 45.6 cm³/mol. The average Bonchev–Trinajstić information content (AvgIpc) is 2.56. The van der Waals surface area contributed by atoms with Gasteiger partial charge in [-0.25, -0.2) is 4.79 Å². The molecule has 0 unspecified atom stereocenters. The number of aliphatic hydroxyl groups is 1. The Morgan fingerprint density at radius 3 is 2.62 bits per heavy atom. The Kier molecular flexibility index (Phi) is 3.22. The van der Waals surface area contributed by atoms with Gasteiger partial charge in [0.05, 0.1) is 12.8 Å². The van der Waals surface area contributed by atoms with Crippen molar-refractivity contribution in [2.24, 2.45) is 7.05 Å². The minimum atomic E-state index is -4.80. The molecular weight excluding hydrogens is 229 g/mol. The molecule has 8 heteroatoms. The Labute approximate surface area is 88.4 Å². The van der Waals surface area contributed by atoms with Gasteiger partial charge in [-0.05, 0) is 6.07 Å². The van der Waals surface area contributed by atoms with Crippen LogP contribution in [0.4, 0.5) is 13.2 Å². The molecular formula is C8H9F3N2O3. The number of carbonyl (C=O) groups is 1. The summed E-state index contributed by atoms with van der Waals surface area (Å²) >= 11 is 0. The van der Waals surface area contributed by atoms with Crippen molar-refractivity contribution in [2.75, 3.05) is 7.11 Å². The fourth-order valence-electron chi connectivity index (χ4n) is 1.11. The van der Waals surface area contributed by atoms with E-state index in [1.165, 1.54) is 7.05 Å². The summed E-state index contributed by atoms with van der Waals surface area (Å²) < 4.78 is 41.7. The zero-order valence-electron chi connectivity index (χ0n) is 8.45. The quantitative estimate of drug-likeness (QED) is 0.774. The number of esters is 1. The van der Waals surface area contributed by atoms with E-state index in [-0.39, 0.29) is 5.69 Å². The molecule has 0 bridgehead atoms. The Morgan fingerprint density at radius 2 is 2.19 bits per heavy atom. The van der Waals surface area contributed by atoms with E-state index in [1.807, 2.05) is 0 Å². The van der Waals surface area contributed by atoms with Crippen LogP contribution in [0.25, 0.3) is 0 Å². The lowest BCUT2D eigenvalue weighted by atomic mass is 10.2. The van der Waals surface area contributed by atoms with Gasteiger partial charge in [-0.1, -0.05) is 0 Å². The van der Waals surface area contributed by atoms with E-state index in [4.69, 9.17) is 5.11 Å². The van der Waals surface area contributed by atoms with E-state index in [0.717, 1.165) is 17.9 Å². The van der Waals surface area contributed by atoms with Crippen molar-refractivity contribution in [1.29, 1.82) is 0 Å². The molecule has 16 heavy (non-hydrogen) atoms. The maximum Gasteiger partial charge on any atom is 0.420 e. The van der Waals surface area contributed by atoms with Gasteiger partial charge in [0.1, 0.15) is 0 Å². The fourth-order valence-corrected chi connectivity index (χ4v) is 1.11. The molecule has 0 aliphatic rings. The first-order chi connectivity index (χ1) is 7.27. The standard InChI is InChI=1S/C8H9F3N2O3/c1-13-5(6(14)8(9,10)11)3-4(12-13)7(15)16-2/h3,6,14H,1-2H3/t6-/m1/s1. The van der Waals surface area contributed by atoms with Crippen molar-refractivity contribution >= 4 is 5.97 Å². The van der Waals surface area contributed by atoms with Crippen LogP contribution < -0.4 is 0 Å². The number of ether oxygens (including phenoxy) is 1. The molecule has 1 aromatic rings. The second-order valence-electron chi connectivity index (χ2n) is 3.01. The van der Waals surface area contributed by atoms with Crippen LogP contribution in [0.2, 0.25) is 0 Å². The second kappa shape index (κ2) is 4.12. The lowest BCUT2D eigenvalue weighted by Gasteiger charge is -2.13. The van der Waals surface area contributed by atoms with Crippen LogP contribution in [0.1, 0.15) is 22.3 Å². The van der Waals surface area contributed by atoms with Crippen LogP contribution in [0, 0.1) is 0 Å². The maximum atomic E-state index is 12.2. The number of carbonyl (C=O) groups excluding carboxylic acids is 1. The molecule has 0 aliphatic carbocycles. The summed E-state index contributed by atoms with van der Waals surface area (Å²) in [6.07, 6.45) is -7.48. The van der Waals surface area contributed by atoms with E-state index >= 15 is 0 Å². The highest BCUT2D eigenvalue weighted by atomic mass is 19.4. The molecule has 0 aromatic carbocycles. The zero-order valence-corrected chi connectivity index (χ0v) is 8.45. The second-order valence-corrected chi connectivity index (χ2v) is 3.01. The number of nitrogens with zero attached hydrogens (tertiary/aromatic N) is 2. The monoisotopic (exact) mass is 238 g/mol. The molecule has 0 aliphatic heterocycles. The minimum absolute atomic E-state index is 0.289. The Balaban J connectivity index is 3.07. The van der Waals surface area contributed by atoms with Crippen molar-refractivity contribution in [3.05, 3.63) is 17.5 Å². The van der Waals surface area contributed by atoms with Crippen LogP contribution in [0.5, 0.6) is 0 Å². The van der Waals surface area contributed by atoms with Gasteiger partial charge in [0.25, 0.3) is 0 Å². The number of methoxy groups -OCH3 is 1. The molecule has 5 nitrogen and oxygen atoms in total. The smallest absolute Gasteiger partial charge is 0.420 e. The lowest BCUT2D eigenvalue weighted by Crippen LogP contribution is -2.22. The third-order valence-electron chi connectivity index (χ3n) is 1.90. The highest BCUT2D eigenvalue weighted by Gasteiger charge is 2.41. The number of hydrogen-bond acceptors (Lipinski definition) is 4. The molecule has 1 N–H and O–H groups in total. The Hall–Kier alpha value is -1.57. The highest BCUT2D eigenvalue weighted by Crippen LogP contribution is 2.32. The van der Waals surface area contributed by atoms with Gasteiger partial charge in [0.15, 0.2) is 11.8 Å². The molecule has 0 spiro atoms. The number of aromatic nitrogens is 2. The van der Waals surface area contributed by atoms with Gasteiger partial charge < -0.3 is 9.84 Å². The Morgan fingerprint density at radius 1 is 1.62 bits per heavy atom. The van der Waals surface area contributed by atoms with Gasteiger partial charge in [-0.15, -0.1) is 0 Å². The molecule has 0 saturated carbocycles. The van der Waals surface area contributed by atoms with Crippen LogP contribution in [-0.4, -0.2) is 34.1 Å². The number of aryl methyl sites for hydroxylation is 1. The summed E-state index contributed by atoms with van der Waals surface area (Å²) in [5.74, 6) is -0.865. The molecule has 0 fully saturated rings. The molecule has 1 atom stereocenters. The van der Waals surface area contributed by atoms with Crippen molar-refractivity contribution < 1.29 is 27.8 Å². The summed E-state index contributed by atoms with van der Waals surface area (Å²) in [5, 5.41) is 12.5. The van der Waals surface area contributed by atoms with Crippen LogP contribution in [0.15, 0.2) is 6.07 Å². The number of hydrogen-bond donors (Lipinski definition) is 1. The minimum Gasteiger partial charge on any atom is -0.464 e. The number of aliphatic hydroxyl groups excluding tert-OH is 1. The van der Waals surface area contributed by atoms with E-state index in [2.05, 4.69) is 9.84 Å². The van der Waals surface area contributed by atoms with Gasteiger partial charge in [0, 0.05) is 7.05 Å². The number of halogens is 3. The molecule has 0 radical (unpaired) electrons. The van der Waals surface area contributed by atoms with E-state index < -0.39 is 23.9 Å². The fraction of sp³-hybridized carbons (Fsp3) is 0.500. The van der Waals surface area contributed by atoms with Crippen molar-refractivity contribution in [1.82, 2.24) is 9.78 Å². The number of alkyl halides is 3. The third-order valence-corrected chi connectivity index (χ3v) is 1.90. The van der Waals surface area contributed by atoms with Gasteiger partial charge >= 0.3 is 12.1 Å². The first-order valence-electron chi connectivity index (χ1n) is 4.14. The summed E-state index contributed by atoms with van der Waals surface area (Å²) in [6, 6.07) is 0.837. The third kappa shape index (κ3) is 2.32. The summed E-state index contributed by atoms with van der Waals surface area (Å²) in [7, 11) is 2.27. The van der Waals surface area contributed by atoms with E-state index in [0.29, 0.717) is 0 Å². The average molecular weight is 238 g/mol. The molecule has 0 amide bonds. The molecule has 1 rings (SSSR count). The largest absolute Gasteiger partial charge is 0.464 e. The van der Waals surface area contributed by atoms with Crippen LogP contribution >= 0.6 is 0 Å². The highest BCUT2D eigenvalue weighted by molar-refractivity contribution is 5.87. The molecule has 0 saturated heterocycles. The molecule has 1 aromatic heterocycles. The first-order valence-corrected chi connectivity index (χ1v) is 4.14. The van der Waals surface area contributed by atoms with Crippen LogP contribution in [0.3, 0.4) is 0 Å². The van der Waals surface area contributed by atoms with Gasteiger partial charge in [-0.2, -0.15) is 18.3 Å². The molecule has 1 heterocycles. The zero-order chi connectivity index (χ0) is 12.5. The van der Waals surface area contributed by atoms with Crippen molar-refractivity contribution in [3.8, 4) is 0 Å². The predicted octanol–water partition coefficient (Wildman–Crippen LogP) is 0.802. The maximum absolute atomic E-state index is 12.2. The Bertz CT molecular complexity index is 400. The SMILES string of the molecule is COC(=O)c1cc([C@@H](O)C(F)(F)F)n(C)n1. The first kappa shape index (κ1) is 12.5. The van der Waals surface area contributed by atoms with E-state index in [9.17, 15) is 18.0 Å². The van der Waals surface area contributed by atoms with Gasteiger partial charge in [0.2, 0.25) is 0 Å². The van der Waals surface area contributed by atoms with Crippen LogP contribution in [-0.2, 0) is 11.8 Å². The summed E-state index contributed by atoms with van der Waals surface area (Å²) in [6.45, 7) is 0. The summed E-state index contributed by atoms with van der Waals surface area (Å²) in [5.41, 5.74) is -0.809. The van der Waals surface area contributed by atoms with Gasteiger partial charge in [-0.3, -0.25) is 4.68 Å². The normalized spacial score (nSPS) is 13.6.